The summed E-state index contributed by atoms with van der Waals surface area (Å²) in [5, 5.41) is 20.0. The molecule has 2 fully saturated rings. The second kappa shape index (κ2) is 6.50. The highest BCUT2D eigenvalue weighted by Gasteiger charge is 2.48. The molecule has 1 aromatic carbocycles. The molecule has 0 radical (unpaired) electrons. The predicted octanol–water partition coefficient (Wildman–Crippen LogP) is 1.29. The predicted molar refractivity (Wildman–Crippen MR) is 79.2 cm³/mol. The highest BCUT2D eigenvalue weighted by Crippen LogP contribution is 2.42. The van der Waals surface area contributed by atoms with Gasteiger partial charge < -0.3 is 19.7 Å². The van der Waals surface area contributed by atoms with E-state index in [1.807, 2.05) is 30.3 Å². The number of hydrogen-bond donors (Lipinski definition) is 2. The number of carbonyl (C=O) groups is 1. The zero-order valence-corrected chi connectivity index (χ0v) is 12.2. The highest BCUT2D eigenvalue weighted by atomic mass is 16.6. The number of benzene rings is 1. The molecule has 1 aliphatic carbocycles. The normalized spacial score (nSPS) is 32.0. The Morgan fingerprint density at radius 3 is 2.91 bits per heavy atom. The van der Waals surface area contributed by atoms with Crippen LogP contribution in [0.5, 0.6) is 5.75 Å². The van der Waals surface area contributed by atoms with Crippen LogP contribution in [0.1, 0.15) is 12.8 Å². The van der Waals surface area contributed by atoms with Crippen LogP contribution in [0.25, 0.3) is 0 Å². The standard InChI is InChI=1S/C17H20O5/c18-11(10-21-12-4-2-1-3-5-12)6-7-13-14-8-17(20)22-16(14)9-15(13)19/h1-7,11,13-16,18-19H,8-10H2/b7-6+/t11-,13-,14-,15-,16+/m1/s1. The van der Waals surface area contributed by atoms with Gasteiger partial charge in [0, 0.05) is 18.3 Å². The number of aliphatic hydroxyl groups is 2. The lowest BCUT2D eigenvalue weighted by Gasteiger charge is -2.15. The zero-order chi connectivity index (χ0) is 15.5. The quantitative estimate of drug-likeness (QED) is 0.633. The van der Waals surface area contributed by atoms with Crippen molar-refractivity contribution >= 4 is 5.97 Å². The number of para-hydroxylation sites is 1. The maximum atomic E-state index is 11.3. The summed E-state index contributed by atoms with van der Waals surface area (Å²) in [5.74, 6) is 0.364. The SMILES string of the molecule is O=C1C[C@@H]2[C@@H](/C=C/[C@@H](O)COc3ccccc3)[C@H](O)C[C@@H]2O1. The van der Waals surface area contributed by atoms with Crippen molar-refractivity contribution in [3.8, 4) is 5.75 Å². The molecule has 3 rings (SSSR count). The first-order chi connectivity index (χ1) is 10.6. The molecule has 1 aromatic rings. The molecule has 5 heteroatoms. The molecule has 1 heterocycles. The van der Waals surface area contributed by atoms with Crippen LogP contribution < -0.4 is 4.74 Å². The third-order valence-corrected chi connectivity index (χ3v) is 4.29. The van der Waals surface area contributed by atoms with Crippen molar-refractivity contribution in [2.45, 2.75) is 31.2 Å². The average molecular weight is 304 g/mol. The largest absolute Gasteiger partial charge is 0.491 e. The third-order valence-electron chi connectivity index (χ3n) is 4.29. The number of fused-ring (bicyclic) bond motifs is 1. The van der Waals surface area contributed by atoms with Crippen molar-refractivity contribution < 1.29 is 24.5 Å². The molecule has 0 spiro atoms. The lowest BCUT2D eigenvalue weighted by molar-refractivity contribution is -0.141. The Kier molecular flexibility index (Phi) is 4.45. The van der Waals surface area contributed by atoms with Crippen LogP contribution in [0.15, 0.2) is 42.5 Å². The number of rotatable bonds is 5. The summed E-state index contributed by atoms with van der Waals surface area (Å²) < 4.78 is 10.6. The van der Waals surface area contributed by atoms with Gasteiger partial charge >= 0.3 is 5.97 Å². The molecule has 2 N–H and O–H groups in total. The molecule has 2 aliphatic rings. The van der Waals surface area contributed by atoms with Gasteiger partial charge in [-0.05, 0) is 12.1 Å². The molecule has 0 amide bonds. The summed E-state index contributed by atoms with van der Waals surface area (Å²) in [6.07, 6.45) is 2.76. The first kappa shape index (κ1) is 15.1. The summed E-state index contributed by atoms with van der Waals surface area (Å²) in [4.78, 5) is 11.3. The summed E-state index contributed by atoms with van der Waals surface area (Å²) in [6, 6.07) is 9.27. The van der Waals surface area contributed by atoms with E-state index in [1.54, 1.807) is 12.2 Å². The third kappa shape index (κ3) is 3.31. The number of esters is 1. The molecule has 5 atom stereocenters. The lowest BCUT2D eigenvalue weighted by atomic mass is 9.91. The van der Waals surface area contributed by atoms with Gasteiger partial charge in [0.25, 0.3) is 0 Å². The van der Waals surface area contributed by atoms with Gasteiger partial charge in [0.2, 0.25) is 0 Å². The van der Waals surface area contributed by atoms with E-state index >= 15 is 0 Å². The molecule has 0 bridgehead atoms. The summed E-state index contributed by atoms with van der Waals surface area (Å²) in [5.41, 5.74) is 0. The fraction of sp³-hybridized carbons (Fsp3) is 0.471. The summed E-state index contributed by atoms with van der Waals surface area (Å²) >= 11 is 0. The van der Waals surface area contributed by atoms with Gasteiger partial charge in [0.1, 0.15) is 24.6 Å². The number of ether oxygens (including phenoxy) is 2. The second-order valence-electron chi connectivity index (χ2n) is 5.85. The molecular weight excluding hydrogens is 284 g/mol. The van der Waals surface area contributed by atoms with Crippen molar-refractivity contribution in [2.24, 2.45) is 11.8 Å². The van der Waals surface area contributed by atoms with Crippen LogP contribution in [-0.4, -0.2) is 41.1 Å². The Hall–Kier alpha value is -1.85. The fourth-order valence-electron chi connectivity index (χ4n) is 3.20. The van der Waals surface area contributed by atoms with Crippen molar-refractivity contribution in [1.82, 2.24) is 0 Å². The smallest absolute Gasteiger partial charge is 0.306 e. The molecule has 5 nitrogen and oxygen atoms in total. The van der Waals surface area contributed by atoms with Crippen LogP contribution >= 0.6 is 0 Å². The molecule has 22 heavy (non-hydrogen) atoms. The monoisotopic (exact) mass is 304 g/mol. The van der Waals surface area contributed by atoms with Crippen LogP contribution in [0.4, 0.5) is 0 Å². The minimum absolute atomic E-state index is 0.0148. The van der Waals surface area contributed by atoms with Gasteiger partial charge in [-0.15, -0.1) is 0 Å². The minimum atomic E-state index is -0.760. The Labute approximate surface area is 129 Å². The highest BCUT2D eigenvalue weighted by molar-refractivity contribution is 5.72. The number of carbonyl (C=O) groups excluding carboxylic acids is 1. The van der Waals surface area contributed by atoms with E-state index in [2.05, 4.69) is 0 Å². The van der Waals surface area contributed by atoms with E-state index in [0.29, 0.717) is 18.6 Å². The molecule has 1 aliphatic heterocycles. The van der Waals surface area contributed by atoms with Gasteiger partial charge in [-0.3, -0.25) is 4.79 Å². The van der Waals surface area contributed by atoms with E-state index in [-0.39, 0.29) is 30.5 Å². The summed E-state index contributed by atoms with van der Waals surface area (Å²) in [7, 11) is 0. The van der Waals surface area contributed by atoms with Crippen molar-refractivity contribution in [3.63, 3.8) is 0 Å². The molecule has 1 saturated carbocycles. The maximum absolute atomic E-state index is 11.3. The second-order valence-corrected chi connectivity index (χ2v) is 5.85. The average Bonchev–Trinajstić information content (AvgIpc) is 2.99. The molecule has 1 saturated heterocycles. The van der Waals surface area contributed by atoms with Gasteiger partial charge in [-0.1, -0.05) is 30.4 Å². The first-order valence-electron chi connectivity index (χ1n) is 7.55. The molecule has 118 valence electrons. The van der Waals surface area contributed by atoms with Crippen molar-refractivity contribution in [1.29, 1.82) is 0 Å². The van der Waals surface area contributed by atoms with Crippen LogP contribution in [0, 0.1) is 11.8 Å². The Balaban J connectivity index is 1.53. The van der Waals surface area contributed by atoms with Crippen molar-refractivity contribution in [3.05, 3.63) is 42.5 Å². The number of aliphatic hydroxyl groups excluding tert-OH is 2. The van der Waals surface area contributed by atoms with E-state index in [4.69, 9.17) is 9.47 Å². The maximum Gasteiger partial charge on any atom is 0.306 e. The Bertz CT molecular complexity index is 541. The van der Waals surface area contributed by atoms with E-state index in [0.717, 1.165) is 0 Å². The van der Waals surface area contributed by atoms with E-state index < -0.39 is 12.2 Å². The zero-order valence-electron chi connectivity index (χ0n) is 12.2. The van der Waals surface area contributed by atoms with E-state index in [9.17, 15) is 15.0 Å². The molecular formula is C17H20O5. The minimum Gasteiger partial charge on any atom is -0.491 e. The van der Waals surface area contributed by atoms with Crippen LogP contribution in [0.2, 0.25) is 0 Å². The summed E-state index contributed by atoms with van der Waals surface area (Å²) in [6.45, 7) is 0.146. The van der Waals surface area contributed by atoms with Gasteiger partial charge in [0.05, 0.1) is 12.5 Å². The number of hydrogen-bond acceptors (Lipinski definition) is 5. The van der Waals surface area contributed by atoms with Crippen molar-refractivity contribution in [2.75, 3.05) is 6.61 Å². The van der Waals surface area contributed by atoms with Gasteiger partial charge in [-0.2, -0.15) is 0 Å². The molecule has 0 aromatic heterocycles. The van der Waals surface area contributed by atoms with Gasteiger partial charge in [0.15, 0.2) is 0 Å². The van der Waals surface area contributed by atoms with Gasteiger partial charge in [-0.25, -0.2) is 0 Å². The van der Waals surface area contributed by atoms with E-state index in [1.165, 1.54) is 0 Å². The fourth-order valence-corrected chi connectivity index (χ4v) is 3.20. The molecule has 0 unspecified atom stereocenters. The topological polar surface area (TPSA) is 76.0 Å². The lowest BCUT2D eigenvalue weighted by Crippen LogP contribution is -2.20. The van der Waals surface area contributed by atoms with Crippen LogP contribution in [0.3, 0.4) is 0 Å². The van der Waals surface area contributed by atoms with Crippen LogP contribution in [-0.2, 0) is 9.53 Å². The Morgan fingerprint density at radius 2 is 2.14 bits per heavy atom. The Morgan fingerprint density at radius 1 is 1.36 bits per heavy atom. The first-order valence-corrected chi connectivity index (χ1v) is 7.55.